The van der Waals surface area contributed by atoms with Gasteiger partial charge in [-0.15, -0.1) is 0 Å². The summed E-state index contributed by atoms with van der Waals surface area (Å²) in [6.45, 7) is 1.59. The molecule has 0 unspecified atom stereocenters. The van der Waals surface area contributed by atoms with E-state index in [9.17, 15) is 24.5 Å². The molecule has 1 aliphatic rings. The molecule has 9 heteroatoms. The summed E-state index contributed by atoms with van der Waals surface area (Å²) < 4.78 is 0. The second-order valence-corrected chi connectivity index (χ2v) is 5.35. The summed E-state index contributed by atoms with van der Waals surface area (Å²) >= 11 is 0. The first kappa shape index (κ1) is 17.4. The summed E-state index contributed by atoms with van der Waals surface area (Å²) in [4.78, 5) is 46.5. The zero-order chi connectivity index (χ0) is 17.5. The molecule has 1 fully saturated rings. The summed E-state index contributed by atoms with van der Waals surface area (Å²) in [5.74, 6) is -1.51. The normalized spacial score (nSPS) is 13.7. The predicted molar refractivity (Wildman–Crippen MR) is 85.2 cm³/mol. The Morgan fingerprint density at radius 3 is 2.50 bits per heavy atom. The standard InChI is InChI=1S/C15H18N4O5/c20-13-3-1-9-18(13)10-2-8-16-14(21)15(22)17-11-4-6-12(7-5-11)19(23)24/h4-7H,1-3,8-10H2,(H,16,21)(H,17,22). The van der Waals surface area contributed by atoms with Gasteiger partial charge in [0.1, 0.15) is 0 Å². The molecule has 1 aliphatic heterocycles. The maximum atomic E-state index is 11.7. The lowest BCUT2D eigenvalue weighted by molar-refractivity contribution is -0.384. The lowest BCUT2D eigenvalue weighted by atomic mass is 10.3. The van der Waals surface area contributed by atoms with E-state index in [1.54, 1.807) is 4.90 Å². The number of amides is 3. The highest BCUT2D eigenvalue weighted by Gasteiger charge is 2.19. The van der Waals surface area contributed by atoms with Crippen molar-refractivity contribution in [3.63, 3.8) is 0 Å². The van der Waals surface area contributed by atoms with Crippen LogP contribution in [0.2, 0.25) is 0 Å². The van der Waals surface area contributed by atoms with E-state index < -0.39 is 16.7 Å². The van der Waals surface area contributed by atoms with Crippen LogP contribution in [0.4, 0.5) is 11.4 Å². The van der Waals surface area contributed by atoms with Crippen molar-refractivity contribution < 1.29 is 19.3 Å². The number of nitro groups is 1. The molecule has 0 saturated carbocycles. The van der Waals surface area contributed by atoms with Crippen molar-refractivity contribution in [2.75, 3.05) is 25.0 Å². The van der Waals surface area contributed by atoms with Gasteiger partial charge in [-0.1, -0.05) is 0 Å². The topological polar surface area (TPSA) is 122 Å². The fraction of sp³-hybridized carbons (Fsp3) is 0.400. The molecule has 0 spiro atoms. The zero-order valence-corrected chi connectivity index (χ0v) is 13.0. The van der Waals surface area contributed by atoms with E-state index in [0.717, 1.165) is 13.0 Å². The van der Waals surface area contributed by atoms with Gasteiger partial charge >= 0.3 is 11.8 Å². The smallest absolute Gasteiger partial charge is 0.313 e. The highest BCUT2D eigenvalue weighted by molar-refractivity contribution is 6.39. The van der Waals surface area contributed by atoms with Crippen LogP contribution < -0.4 is 10.6 Å². The van der Waals surface area contributed by atoms with Crippen LogP contribution in [0.15, 0.2) is 24.3 Å². The lowest BCUT2D eigenvalue weighted by Gasteiger charge is -2.15. The van der Waals surface area contributed by atoms with Crippen LogP contribution in [0, 0.1) is 10.1 Å². The fourth-order valence-corrected chi connectivity index (χ4v) is 2.35. The number of benzene rings is 1. The van der Waals surface area contributed by atoms with Crippen molar-refractivity contribution >= 4 is 29.1 Å². The SMILES string of the molecule is O=C(NCCCN1CCCC1=O)C(=O)Nc1ccc([N+](=O)[O-])cc1. The Kier molecular flexibility index (Phi) is 5.83. The van der Waals surface area contributed by atoms with Crippen LogP contribution in [0.25, 0.3) is 0 Å². The number of carbonyl (C=O) groups excluding carboxylic acids is 3. The monoisotopic (exact) mass is 334 g/mol. The van der Waals surface area contributed by atoms with Crippen molar-refractivity contribution in [3.8, 4) is 0 Å². The van der Waals surface area contributed by atoms with Gasteiger partial charge in [-0.05, 0) is 25.0 Å². The van der Waals surface area contributed by atoms with E-state index in [0.29, 0.717) is 25.1 Å². The molecular formula is C15H18N4O5. The third-order valence-corrected chi connectivity index (χ3v) is 3.60. The van der Waals surface area contributed by atoms with Crippen molar-refractivity contribution in [2.45, 2.75) is 19.3 Å². The van der Waals surface area contributed by atoms with Crippen LogP contribution in [0.1, 0.15) is 19.3 Å². The highest BCUT2D eigenvalue weighted by atomic mass is 16.6. The largest absolute Gasteiger partial charge is 0.348 e. The Labute approximate surface area is 138 Å². The van der Waals surface area contributed by atoms with E-state index in [4.69, 9.17) is 0 Å². The molecular weight excluding hydrogens is 316 g/mol. The van der Waals surface area contributed by atoms with Gasteiger partial charge in [0.2, 0.25) is 5.91 Å². The summed E-state index contributed by atoms with van der Waals surface area (Å²) in [6.07, 6.45) is 2.01. The Morgan fingerprint density at radius 2 is 1.92 bits per heavy atom. The Bertz CT molecular complexity index is 644. The average molecular weight is 334 g/mol. The highest BCUT2D eigenvalue weighted by Crippen LogP contribution is 2.15. The molecule has 9 nitrogen and oxygen atoms in total. The molecule has 1 aromatic rings. The van der Waals surface area contributed by atoms with Gasteiger partial charge in [0.05, 0.1) is 4.92 Å². The van der Waals surface area contributed by atoms with E-state index in [2.05, 4.69) is 10.6 Å². The number of hydrogen-bond acceptors (Lipinski definition) is 5. The molecule has 0 atom stereocenters. The molecule has 0 aromatic heterocycles. The number of hydrogen-bond donors (Lipinski definition) is 2. The molecule has 24 heavy (non-hydrogen) atoms. The summed E-state index contributed by atoms with van der Waals surface area (Å²) in [7, 11) is 0. The third-order valence-electron chi connectivity index (χ3n) is 3.60. The van der Waals surface area contributed by atoms with E-state index in [1.165, 1.54) is 24.3 Å². The number of carbonyl (C=O) groups is 3. The van der Waals surface area contributed by atoms with Gasteiger partial charge < -0.3 is 15.5 Å². The second-order valence-electron chi connectivity index (χ2n) is 5.35. The van der Waals surface area contributed by atoms with Gasteiger partial charge in [0.25, 0.3) is 5.69 Å². The van der Waals surface area contributed by atoms with Crippen LogP contribution in [-0.4, -0.2) is 47.2 Å². The van der Waals surface area contributed by atoms with Crippen molar-refractivity contribution in [1.82, 2.24) is 10.2 Å². The first-order valence-electron chi connectivity index (χ1n) is 7.59. The van der Waals surface area contributed by atoms with Gasteiger partial charge in [-0.2, -0.15) is 0 Å². The molecule has 0 bridgehead atoms. The second kappa shape index (κ2) is 8.04. The van der Waals surface area contributed by atoms with Crippen molar-refractivity contribution in [2.24, 2.45) is 0 Å². The number of nitro benzene ring substituents is 1. The quantitative estimate of drug-likeness (QED) is 0.342. The maximum absolute atomic E-state index is 11.7. The molecule has 0 aliphatic carbocycles. The van der Waals surface area contributed by atoms with Gasteiger partial charge in [-0.3, -0.25) is 24.5 Å². The first-order valence-corrected chi connectivity index (χ1v) is 7.59. The molecule has 2 rings (SSSR count). The number of nitrogens with one attached hydrogen (secondary N) is 2. The number of nitrogens with zero attached hydrogens (tertiary/aromatic N) is 2. The predicted octanol–water partition coefficient (Wildman–Crippen LogP) is 0.662. The molecule has 0 radical (unpaired) electrons. The average Bonchev–Trinajstić information content (AvgIpc) is 2.97. The summed E-state index contributed by atoms with van der Waals surface area (Å²) in [6, 6.07) is 5.17. The molecule has 1 saturated heterocycles. The van der Waals surface area contributed by atoms with Crippen LogP contribution in [-0.2, 0) is 14.4 Å². The minimum absolute atomic E-state index is 0.103. The van der Waals surface area contributed by atoms with Crippen LogP contribution >= 0.6 is 0 Å². The summed E-state index contributed by atoms with van der Waals surface area (Å²) in [5, 5.41) is 15.4. The number of non-ortho nitro benzene ring substituents is 1. The van der Waals surface area contributed by atoms with Gasteiger partial charge in [0.15, 0.2) is 0 Å². The molecule has 3 amide bonds. The Balaban J connectivity index is 1.70. The molecule has 1 heterocycles. The summed E-state index contributed by atoms with van der Waals surface area (Å²) in [5.41, 5.74) is 0.192. The Morgan fingerprint density at radius 1 is 1.21 bits per heavy atom. The van der Waals surface area contributed by atoms with Crippen molar-refractivity contribution in [3.05, 3.63) is 34.4 Å². The fourth-order valence-electron chi connectivity index (χ4n) is 2.35. The zero-order valence-electron chi connectivity index (χ0n) is 13.0. The van der Waals surface area contributed by atoms with E-state index >= 15 is 0 Å². The minimum atomic E-state index is -0.846. The first-order chi connectivity index (χ1) is 11.5. The molecule has 128 valence electrons. The lowest BCUT2D eigenvalue weighted by Crippen LogP contribution is -2.37. The number of likely N-dealkylation sites (tertiary alicyclic amines) is 1. The third kappa shape index (κ3) is 4.77. The van der Waals surface area contributed by atoms with Gasteiger partial charge in [0, 0.05) is 43.9 Å². The van der Waals surface area contributed by atoms with Crippen LogP contribution in [0.5, 0.6) is 0 Å². The Hall–Kier alpha value is -2.97. The maximum Gasteiger partial charge on any atom is 0.313 e. The molecule has 1 aromatic carbocycles. The van der Waals surface area contributed by atoms with Crippen LogP contribution in [0.3, 0.4) is 0 Å². The minimum Gasteiger partial charge on any atom is -0.348 e. The van der Waals surface area contributed by atoms with Crippen molar-refractivity contribution in [1.29, 1.82) is 0 Å². The number of rotatable bonds is 6. The van der Waals surface area contributed by atoms with E-state index in [1.807, 2.05) is 0 Å². The number of anilines is 1. The van der Waals surface area contributed by atoms with Gasteiger partial charge in [-0.25, -0.2) is 0 Å². The molecule has 2 N–H and O–H groups in total. The van der Waals surface area contributed by atoms with E-state index in [-0.39, 0.29) is 18.1 Å².